The number of carbonyl (C=O) groups is 1. The molecule has 86 valence electrons. The third kappa shape index (κ3) is 4.28. The van der Waals surface area contributed by atoms with Crippen LogP contribution in [-0.2, 0) is 4.79 Å². The topological polar surface area (TPSA) is 49.3 Å². The highest BCUT2D eigenvalue weighted by Crippen LogP contribution is 2.02. The fourth-order valence-corrected chi connectivity index (χ4v) is 1.15. The minimum atomic E-state index is -0.585. The summed E-state index contributed by atoms with van der Waals surface area (Å²) in [7, 11) is 0. The SMILES string of the molecule is CC(C)(CO)NC(=O)/C=C/c1ccccc1. The molecule has 0 aliphatic heterocycles. The van der Waals surface area contributed by atoms with Gasteiger partial charge in [-0.15, -0.1) is 0 Å². The molecule has 16 heavy (non-hydrogen) atoms. The molecule has 0 saturated carbocycles. The second kappa shape index (κ2) is 5.47. The molecule has 0 saturated heterocycles. The molecule has 0 aromatic heterocycles. The normalized spacial score (nSPS) is 11.7. The first kappa shape index (κ1) is 12.5. The first-order valence-corrected chi connectivity index (χ1v) is 5.20. The highest BCUT2D eigenvalue weighted by Gasteiger charge is 2.17. The molecule has 0 atom stereocenters. The summed E-state index contributed by atoms with van der Waals surface area (Å²) in [6.45, 7) is 3.44. The number of aliphatic hydroxyl groups excluding tert-OH is 1. The molecule has 0 bridgehead atoms. The van der Waals surface area contributed by atoms with Gasteiger partial charge in [-0.25, -0.2) is 0 Å². The van der Waals surface area contributed by atoms with E-state index in [1.54, 1.807) is 19.9 Å². The molecule has 0 aliphatic carbocycles. The second-order valence-corrected chi connectivity index (χ2v) is 4.28. The summed E-state index contributed by atoms with van der Waals surface area (Å²) < 4.78 is 0. The summed E-state index contributed by atoms with van der Waals surface area (Å²) in [5.74, 6) is -0.206. The van der Waals surface area contributed by atoms with Gasteiger partial charge in [-0.05, 0) is 25.5 Å². The van der Waals surface area contributed by atoms with Gasteiger partial charge < -0.3 is 10.4 Å². The fraction of sp³-hybridized carbons (Fsp3) is 0.308. The number of amides is 1. The third-order valence-corrected chi connectivity index (χ3v) is 2.08. The largest absolute Gasteiger partial charge is 0.394 e. The minimum absolute atomic E-state index is 0.0854. The van der Waals surface area contributed by atoms with Gasteiger partial charge in [0.05, 0.1) is 12.1 Å². The summed E-state index contributed by atoms with van der Waals surface area (Å²) in [6, 6.07) is 9.58. The molecule has 1 aromatic rings. The predicted octanol–water partition coefficient (Wildman–Crippen LogP) is 1.59. The lowest BCUT2D eigenvalue weighted by Gasteiger charge is -2.22. The zero-order chi connectivity index (χ0) is 12.0. The summed E-state index contributed by atoms with van der Waals surface area (Å²) in [6.07, 6.45) is 3.20. The van der Waals surface area contributed by atoms with E-state index in [-0.39, 0.29) is 12.5 Å². The van der Waals surface area contributed by atoms with Crippen LogP contribution in [0.1, 0.15) is 19.4 Å². The fourth-order valence-electron chi connectivity index (χ4n) is 1.15. The van der Waals surface area contributed by atoms with E-state index in [1.165, 1.54) is 6.08 Å². The molecular weight excluding hydrogens is 202 g/mol. The maximum absolute atomic E-state index is 11.5. The summed E-state index contributed by atoms with van der Waals surface area (Å²) in [5, 5.41) is 11.7. The smallest absolute Gasteiger partial charge is 0.244 e. The number of rotatable bonds is 4. The number of carbonyl (C=O) groups excluding carboxylic acids is 1. The molecule has 0 spiro atoms. The molecule has 0 heterocycles. The molecule has 3 heteroatoms. The average molecular weight is 219 g/mol. The van der Waals surface area contributed by atoms with Gasteiger partial charge in [-0.1, -0.05) is 30.3 Å². The van der Waals surface area contributed by atoms with Crippen molar-refractivity contribution in [3.05, 3.63) is 42.0 Å². The molecule has 1 aromatic carbocycles. The molecule has 3 nitrogen and oxygen atoms in total. The highest BCUT2D eigenvalue weighted by atomic mass is 16.3. The Labute approximate surface area is 95.8 Å². The number of aliphatic hydroxyl groups is 1. The summed E-state index contributed by atoms with van der Waals surface area (Å²) in [5.41, 5.74) is 0.387. The zero-order valence-corrected chi connectivity index (χ0v) is 9.60. The standard InChI is InChI=1S/C13H17NO2/c1-13(2,10-15)14-12(16)9-8-11-6-4-3-5-7-11/h3-9,15H,10H2,1-2H3,(H,14,16)/b9-8+. The van der Waals surface area contributed by atoms with Crippen LogP contribution in [0.15, 0.2) is 36.4 Å². The molecule has 1 amide bonds. The summed E-state index contributed by atoms with van der Waals surface area (Å²) >= 11 is 0. The maximum Gasteiger partial charge on any atom is 0.244 e. The van der Waals surface area contributed by atoms with Crippen molar-refractivity contribution in [2.45, 2.75) is 19.4 Å². The molecule has 1 rings (SSSR count). The van der Waals surface area contributed by atoms with Gasteiger partial charge in [0.25, 0.3) is 0 Å². The van der Waals surface area contributed by atoms with Gasteiger partial charge in [-0.3, -0.25) is 4.79 Å². The summed E-state index contributed by atoms with van der Waals surface area (Å²) in [4.78, 5) is 11.5. The van der Waals surface area contributed by atoms with Crippen LogP contribution in [-0.4, -0.2) is 23.2 Å². The van der Waals surface area contributed by atoms with E-state index in [9.17, 15) is 4.79 Å². The lowest BCUT2D eigenvalue weighted by molar-refractivity contribution is -0.118. The molecule has 0 radical (unpaired) electrons. The third-order valence-electron chi connectivity index (χ3n) is 2.08. The van der Waals surface area contributed by atoms with Crippen LogP contribution in [0.3, 0.4) is 0 Å². The van der Waals surface area contributed by atoms with Crippen molar-refractivity contribution in [1.29, 1.82) is 0 Å². The molecular formula is C13H17NO2. The van der Waals surface area contributed by atoms with E-state index < -0.39 is 5.54 Å². The van der Waals surface area contributed by atoms with Crippen molar-refractivity contribution in [2.75, 3.05) is 6.61 Å². The average Bonchev–Trinajstić information content (AvgIpc) is 2.27. The highest BCUT2D eigenvalue weighted by molar-refractivity contribution is 5.92. The van der Waals surface area contributed by atoms with Crippen molar-refractivity contribution < 1.29 is 9.90 Å². The number of benzene rings is 1. The molecule has 0 fully saturated rings. The van der Waals surface area contributed by atoms with Crippen LogP contribution < -0.4 is 5.32 Å². The first-order chi connectivity index (χ1) is 7.53. The van der Waals surface area contributed by atoms with Gasteiger partial charge in [-0.2, -0.15) is 0 Å². The first-order valence-electron chi connectivity index (χ1n) is 5.20. The van der Waals surface area contributed by atoms with Crippen molar-refractivity contribution in [1.82, 2.24) is 5.32 Å². The minimum Gasteiger partial charge on any atom is -0.394 e. The van der Waals surface area contributed by atoms with Crippen molar-refractivity contribution >= 4 is 12.0 Å². The Morgan fingerprint density at radius 2 is 2.00 bits per heavy atom. The van der Waals surface area contributed by atoms with E-state index in [2.05, 4.69) is 5.32 Å². The van der Waals surface area contributed by atoms with E-state index in [1.807, 2.05) is 30.3 Å². The van der Waals surface area contributed by atoms with Crippen LogP contribution in [0.25, 0.3) is 6.08 Å². The Morgan fingerprint density at radius 3 is 2.56 bits per heavy atom. The van der Waals surface area contributed by atoms with E-state index in [0.29, 0.717) is 0 Å². The molecule has 0 unspecified atom stereocenters. The quantitative estimate of drug-likeness (QED) is 0.755. The Hall–Kier alpha value is -1.61. The number of hydrogen-bond donors (Lipinski definition) is 2. The van der Waals surface area contributed by atoms with Crippen molar-refractivity contribution in [3.63, 3.8) is 0 Å². The van der Waals surface area contributed by atoms with E-state index >= 15 is 0 Å². The Morgan fingerprint density at radius 1 is 1.38 bits per heavy atom. The lowest BCUT2D eigenvalue weighted by atomic mass is 10.1. The van der Waals surface area contributed by atoms with Crippen molar-refractivity contribution in [3.8, 4) is 0 Å². The van der Waals surface area contributed by atoms with Crippen LogP contribution in [0.4, 0.5) is 0 Å². The monoisotopic (exact) mass is 219 g/mol. The van der Waals surface area contributed by atoms with Gasteiger partial charge in [0, 0.05) is 6.08 Å². The van der Waals surface area contributed by atoms with E-state index in [4.69, 9.17) is 5.11 Å². The van der Waals surface area contributed by atoms with Crippen molar-refractivity contribution in [2.24, 2.45) is 0 Å². The predicted molar refractivity (Wildman–Crippen MR) is 64.8 cm³/mol. The van der Waals surface area contributed by atoms with E-state index in [0.717, 1.165) is 5.56 Å². The van der Waals surface area contributed by atoms with Gasteiger partial charge in [0.2, 0.25) is 5.91 Å². The molecule has 0 aliphatic rings. The van der Waals surface area contributed by atoms with Crippen LogP contribution >= 0.6 is 0 Å². The van der Waals surface area contributed by atoms with Crippen LogP contribution in [0, 0.1) is 0 Å². The zero-order valence-electron chi connectivity index (χ0n) is 9.60. The number of hydrogen-bond acceptors (Lipinski definition) is 2. The second-order valence-electron chi connectivity index (χ2n) is 4.28. The van der Waals surface area contributed by atoms with Gasteiger partial charge >= 0.3 is 0 Å². The van der Waals surface area contributed by atoms with Crippen LogP contribution in [0.2, 0.25) is 0 Å². The Balaban J connectivity index is 2.56. The van der Waals surface area contributed by atoms with Crippen LogP contribution in [0.5, 0.6) is 0 Å². The Kier molecular flexibility index (Phi) is 4.26. The maximum atomic E-state index is 11.5. The van der Waals surface area contributed by atoms with Gasteiger partial charge in [0.15, 0.2) is 0 Å². The Bertz CT molecular complexity index is 369. The number of nitrogens with one attached hydrogen (secondary N) is 1. The van der Waals surface area contributed by atoms with Gasteiger partial charge in [0.1, 0.15) is 0 Å². The lowest BCUT2D eigenvalue weighted by Crippen LogP contribution is -2.45. The molecule has 2 N–H and O–H groups in total.